The van der Waals surface area contributed by atoms with E-state index in [1.54, 1.807) is 0 Å². The topological polar surface area (TPSA) is 67.8 Å². The molecule has 1 heterocycles. The Morgan fingerprint density at radius 1 is 1.21 bits per heavy atom. The maximum atomic E-state index is 12.9. The fraction of sp³-hybridized carbons (Fsp3) is 0.364. The molecule has 2 rings (SSSR count). The molecule has 0 aliphatic carbocycles. The molecule has 0 bridgehead atoms. The van der Waals surface area contributed by atoms with Crippen LogP contribution in [-0.4, -0.2) is 31.4 Å². The second-order valence-corrected chi connectivity index (χ2v) is 3.92. The molecule has 1 aliphatic rings. The Balaban J connectivity index is 2.67. The number of nitrogens with one attached hydrogen (secondary N) is 1. The van der Waals surface area contributed by atoms with Crippen molar-refractivity contribution in [3.8, 4) is 11.5 Å². The molecule has 1 aromatic carbocycles. The van der Waals surface area contributed by atoms with Gasteiger partial charge in [-0.25, -0.2) is 0 Å². The predicted molar refractivity (Wildman–Crippen MR) is 58.1 cm³/mol. The monoisotopic (exact) mass is 277 g/mol. The Morgan fingerprint density at radius 3 is 2.21 bits per heavy atom. The summed E-state index contributed by atoms with van der Waals surface area (Å²) in [6, 6.07) is 2.09. The molecule has 0 fully saturated rings. The largest absolute Gasteiger partial charge is 0.493 e. The van der Waals surface area contributed by atoms with Crippen LogP contribution in [0.1, 0.15) is 5.56 Å². The van der Waals surface area contributed by atoms with Crippen LogP contribution >= 0.6 is 0 Å². The quantitative estimate of drug-likeness (QED) is 0.857. The van der Waals surface area contributed by atoms with Crippen LogP contribution in [0.15, 0.2) is 12.1 Å². The Bertz CT molecular complexity index is 543. The number of carbonyl (C=O) groups is 1. The number of alkyl halides is 3. The number of aliphatic hydroxyl groups is 1. The molecule has 1 aliphatic heterocycles. The maximum absolute atomic E-state index is 12.9. The van der Waals surface area contributed by atoms with Gasteiger partial charge in [-0.05, 0) is 6.07 Å². The van der Waals surface area contributed by atoms with Crippen molar-refractivity contribution < 1.29 is 32.5 Å². The number of amides is 1. The minimum absolute atomic E-state index is 0.0135. The third-order valence-corrected chi connectivity index (χ3v) is 2.90. The van der Waals surface area contributed by atoms with Crippen molar-refractivity contribution in [2.45, 2.75) is 11.8 Å². The second-order valence-electron chi connectivity index (χ2n) is 3.92. The minimum Gasteiger partial charge on any atom is -0.493 e. The zero-order valence-corrected chi connectivity index (χ0v) is 9.96. The van der Waals surface area contributed by atoms with Gasteiger partial charge < -0.3 is 19.9 Å². The third kappa shape index (κ3) is 1.71. The zero-order valence-electron chi connectivity index (χ0n) is 9.96. The normalized spacial score (nSPS) is 21.9. The first-order chi connectivity index (χ1) is 8.75. The number of methoxy groups -OCH3 is 2. The average Bonchev–Trinajstić information content (AvgIpc) is 2.60. The molecular weight excluding hydrogens is 267 g/mol. The molecule has 0 aromatic heterocycles. The first-order valence-corrected chi connectivity index (χ1v) is 5.12. The molecule has 2 N–H and O–H groups in total. The molecule has 0 saturated carbocycles. The van der Waals surface area contributed by atoms with Crippen molar-refractivity contribution >= 4 is 11.6 Å². The SMILES string of the molecule is COc1cc2c(cc1OC)[C@](O)(C(F)(F)F)C(=O)N2. The minimum atomic E-state index is -5.14. The lowest BCUT2D eigenvalue weighted by Crippen LogP contribution is -2.47. The molecular formula is C11H10F3NO4. The van der Waals surface area contributed by atoms with E-state index < -0.39 is 23.2 Å². The molecule has 0 unspecified atom stereocenters. The highest BCUT2D eigenvalue weighted by Crippen LogP contribution is 2.49. The van der Waals surface area contributed by atoms with E-state index in [0.29, 0.717) is 0 Å². The van der Waals surface area contributed by atoms with E-state index >= 15 is 0 Å². The second kappa shape index (κ2) is 4.02. The van der Waals surface area contributed by atoms with Crippen LogP contribution in [0.5, 0.6) is 11.5 Å². The van der Waals surface area contributed by atoms with Crippen molar-refractivity contribution in [3.63, 3.8) is 0 Å². The lowest BCUT2D eigenvalue weighted by Gasteiger charge is -2.24. The number of benzene rings is 1. The Hall–Kier alpha value is -1.96. The predicted octanol–water partition coefficient (Wildman–Crippen LogP) is 1.41. The van der Waals surface area contributed by atoms with Crippen molar-refractivity contribution in [3.05, 3.63) is 17.7 Å². The van der Waals surface area contributed by atoms with Crippen LogP contribution in [0.25, 0.3) is 0 Å². The fourth-order valence-corrected chi connectivity index (χ4v) is 1.90. The van der Waals surface area contributed by atoms with Gasteiger partial charge in [-0.15, -0.1) is 0 Å². The number of ether oxygens (including phenoxy) is 2. The lowest BCUT2D eigenvalue weighted by molar-refractivity contribution is -0.252. The summed E-state index contributed by atoms with van der Waals surface area (Å²) < 4.78 is 48.5. The molecule has 1 aromatic rings. The summed E-state index contributed by atoms with van der Waals surface area (Å²) in [6.45, 7) is 0. The van der Waals surface area contributed by atoms with Crippen LogP contribution in [0, 0.1) is 0 Å². The number of hydrogen-bond donors (Lipinski definition) is 2. The molecule has 0 radical (unpaired) electrons. The van der Waals surface area contributed by atoms with Crippen molar-refractivity contribution in [2.24, 2.45) is 0 Å². The number of rotatable bonds is 2. The fourth-order valence-electron chi connectivity index (χ4n) is 1.90. The van der Waals surface area contributed by atoms with E-state index in [-0.39, 0.29) is 17.2 Å². The molecule has 1 atom stereocenters. The van der Waals surface area contributed by atoms with Crippen LogP contribution in [0.4, 0.5) is 18.9 Å². The van der Waals surface area contributed by atoms with Crippen molar-refractivity contribution in [1.82, 2.24) is 0 Å². The molecule has 19 heavy (non-hydrogen) atoms. The van der Waals surface area contributed by atoms with Gasteiger partial charge in [0.2, 0.25) is 0 Å². The van der Waals surface area contributed by atoms with Crippen LogP contribution in [0.3, 0.4) is 0 Å². The molecule has 0 saturated heterocycles. The third-order valence-electron chi connectivity index (χ3n) is 2.90. The van der Waals surface area contributed by atoms with Gasteiger partial charge in [-0.1, -0.05) is 0 Å². The highest BCUT2D eigenvalue weighted by atomic mass is 19.4. The zero-order chi connectivity index (χ0) is 14.4. The summed E-state index contributed by atoms with van der Waals surface area (Å²) >= 11 is 0. The first kappa shape index (κ1) is 13.5. The maximum Gasteiger partial charge on any atom is 0.430 e. The van der Waals surface area contributed by atoms with E-state index in [9.17, 15) is 23.1 Å². The van der Waals surface area contributed by atoms with Gasteiger partial charge in [0.25, 0.3) is 11.5 Å². The summed E-state index contributed by atoms with van der Waals surface area (Å²) in [4.78, 5) is 11.4. The van der Waals surface area contributed by atoms with Crippen LogP contribution in [-0.2, 0) is 10.4 Å². The standard InChI is InChI=1S/C11H10F3NO4/c1-18-7-3-5-6(4-8(7)19-2)15-9(16)10(5,17)11(12,13)14/h3-4,17H,1-2H3,(H,15,16)/t10-/m1/s1. The van der Waals surface area contributed by atoms with Crippen molar-refractivity contribution in [1.29, 1.82) is 0 Å². The number of halogens is 3. The number of fused-ring (bicyclic) bond motifs is 1. The molecule has 1 amide bonds. The highest BCUT2D eigenvalue weighted by molar-refractivity contribution is 6.06. The Labute approximate surface area is 105 Å². The van der Waals surface area contributed by atoms with E-state index in [1.165, 1.54) is 14.2 Å². The van der Waals surface area contributed by atoms with Gasteiger partial charge in [0.05, 0.1) is 19.9 Å². The van der Waals surface area contributed by atoms with E-state index in [1.807, 2.05) is 5.32 Å². The summed E-state index contributed by atoms with van der Waals surface area (Å²) in [5, 5.41) is 11.7. The average molecular weight is 277 g/mol. The van der Waals surface area contributed by atoms with Gasteiger partial charge in [0, 0.05) is 11.6 Å². The van der Waals surface area contributed by atoms with Crippen LogP contribution < -0.4 is 14.8 Å². The number of hydrogen-bond acceptors (Lipinski definition) is 4. The van der Waals surface area contributed by atoms with Gasteiger partial charge in [-0.2, -0.15) is 13.2 Å². The van der Waals surface area contributed by atoms with Gasteiger partial charge in [0.15, 0.2) is 11.5 Å². The Kier molecular flexibility index (Phi) is 2.85. The summed E-state index contributed by atoms with van der Waals surface area (Å²) in [5.41, 5.74) is -4.35. The summed E-state index contributed by atoms with van der Waals surface area (Å²) in [5.74, 6) is -1.42. The van der Waals surface area contributed by atoms with Gasteiger partial charge in [-0.3, -0.25) is 4.79 Å². The molecule has 5 nitrogen and oxygen atoms in total. The van der Waals surface area contributed by atoms with E-state index in [0.717, 1.165) is 12.1 Å². The van der Waals surface area contributed by atoms with Gasteiger partial charge >= 0.3 is 6.18 Å². The molecule has 104 valence electrons. The first-order valence-electron chi connectivity index (χ1n) is 5.12. The smallest absolute Gasteiger partial charge is 0.430 e. The van der Waals surface area contributed by atoms with Gasteiger partial charge in [0.1, 0.15) is 0 Å². The number of anilines is 1. The summed E-state index contributed by atoms with van der Waals surface area (Å²) in [6.07, 6.45) is -5.14. The van der Waals surface area contributed by atoms with E-state index in [2.05, 4.69) is 0 Å². The van der Waals surface area contributed by atoms with Crippen LogP contribution in [0.2, 0.25) is 0 Å². The lowest BCUT2D eigenvalue weighted by atomic mass is 9.94. The Morgan fingerprint density at radius 2 is 1.74 bits per heavy atom. The van der Waals surface area contributed by atoms with E-state index in [4.69, 9.17) is 9.47 Å². The molecule has 0 spiro atoms. The van der Waals surface area contributed by atoms with Crippen molar-refractivity contribution in [2.75, 3.05) is 19.5 Å². The summed E-state index contributed by atoms with van der Waals surface area (Å²) in [7, 11) is 2.54. The number of carbonyl (C=O) groups excluding carboxylic acids is 1. The molecule has 8 heteroatoms. The highest BCUT2D eigenvalue weighted by Gasteiger charge is 2.64.